The fourth-order valence-electron chi connectivity index (χ4n) is 3.32. The molecular weight excluding hydrogens is 418 g/mol. The molecular formula is C22H20ClN5O3. The van der Waals surface area contributed by atoms with Crippen LogP contribution in [0.5, 0.6) is 5.75 Å². The Balaban J connectivity index is 1.57. The molecule has 0 saturated heterocycles. The number of anilines is 1. The zero-order valence-corrected chi connectivity index (χ0v) is 18.0. The largest absolute Gasteiger partial charge is 0.487 e. The summed E-state index contributed by atoms with van der Waals surface area (Å²) < 4.78 is 5.68. The number of carbonyl (C=O) groups excluding carboxylic acids is 2. The number of carbonyl (C=O) groups is 2. The van der Waals surface area contributed by atoms with Crippen molar-refractivity contribution in [1.82, 2.24) is 20.3 Å². The van der Waals surface area contributed by atoms with E-state index >= 15 is 0 Å². The number of halogens is 1. The van der Waals surface area contributed by atoms with Crippen LogP contribution in [0.25, 0.3) is 11.3 Å². The van der Waals surface area contributed by atoms with Crippen molar-refractivity contribution in [1.29, 1.82) is 0 Å². The van der Waals surface area contributed by atoms with Gasteiger partial charge in [0.25, 0.3) is 11.8 Å². The molecule has 1 aliphatic rings. The van der Waals surface area contributed by atoms with Gasteiger partial charge in [-0.3, -0.25) is 14.5 Å². The minimum absolute atomic E-state index is 0.0273. The van der Waals surface area contributed by atoms with Crippen molar-refractivity contribution in [2.45, 2.75) is 19.9 Å². The second-order valence-electron chi connectivity index (χ2n) is 7.30. The van der Waals surface area contributed by atoms with Gasteiger partial charge in [0, 0.05) is 31.1 Å². The first-order chi connectivity index (χ1) is 14.8. The van der Waals surface area contributed by atoms with E-state index in [9.17, 15) is 9.59 Å². The van der Waals surface area contributed by atoms with E-state index in [2.05, 4.69) is 20.3 Å². The molecule has 0 fully saturated rings. The van der Waals surface area contributed by atoms with Crippen molar-refractivity contribution < 1.29 is 14.3 Å². The van der Waals surface area contributed by atoms with Gasteiger partial charge in [-0.2, -0.15) is 0 Å². The SMILES string of the molecule is Cc1cccc(-c2nc(C(=O)N[C@H]3COc4cc(Cl)cnc4N(C)C3=O)ncc2C)c1. The van der Waals surface area contributed by atoms with Crippen LogP contribution in [0.4, 0.5) is 5.82 Å². The fraction of sp³-hybridized carbons (Fsp3) is 0.227. The van der Waals surface area contributed by atoms with Crippen LogP contribution in [-0.4, -0.2) is 46.5 Å². The number of likely N-dealkylation sites (N-methyl/N-ethyl adjacent to an activating group) is 1. The van der Waals surface area contributed by atoms with Gasteiger partial charge in [0.05, 0.1) is 10.7 Å². The van der Waals surface area contributed by atoms with E-state index in [0.717, 1.165) is 16.7 Å². The summed E-state index contributed by atoms with van der Waals surface area (Å²) in [6.07, 6.45) is 3.03. The molecule has 0 bridgehead atoms. The van der Waals surface area contributed by atoms with Crippen LogP contribution in [0.1, 0.15) is 21.7 Å². The molecule has 31 heavy (non-hydrogen) atoms. The van der Waals surface area contributed by atoms with Gasteiger partial charge < -0.3 is 10.1 Å². The molecule has 3 aromatic rings. The van der Waals surface area contributed by atoms with Crippen LogP contribution in [0.15, 0.2) is 42.7 Å². The summed E-state index contributed by atoms with van der Waals surface area (Å²) in [6, 6.07) is 8.48. The van der Waals surface area contributed by atoms with Crippen molar-refractivity contribution >= 4 is 29.2 Å². The van der Waals surface area contributed by atoms with Crippen LogP contribution < -0.4 is 15.0 Å². The summed E-state index contributed by atoms with van der Waals surface area (Å²) in [5, 5.41) is 3.06. The Bertz CT molecular complexity index is 1180. The maximum absolute atomic E-state index is 12.9. The second kappa shape index (κ2) is 8.31. The molecule has 3 heterocycles. The highest BCUT2D eigenvalue weighted by Gasteiger charge is 2.32. The van der Waals surface area contributed by atoms with Crippen LogP contribution in [0.3, 0.4) is 0 Å². The molecule has 0 unspecified atom stereocenters. The van der Waals surface area contributed by atoms with E-state index in [1.165, 1.54) is 11.1 Å². The van der Waals surface area contributed by atoms with Gasteiger partial charge in [-0.05, 0) is 25.5 Å². The first-order valence-corrected chi connectivity index (χ1v) is 9.98. The highest BCUT2D eigenvalue weighted by Crippen LogP contribution is 2.30. The molecule has 0 saturated carbocycles. The number of nitrogens with zero attached hydrogens (tertiary/aromatic N) is 4. The highest BCUT2D eigenvalue weighted by molar-refractivity contribution is 6.30. The molecule has 0 radical (unpaired) electrons. The molecule has 1 atom stereocenters. The van der Waals surface area contributed by atoms with Gasteiger partial charge in [0.1, 0.15) is 12.6 Å². The Hall–Kier alpha value is -3.52. The highest BCUT2D eigenvalue weighted by atomic mass is 35.5. The first kappa shape index (κ1) is 20.7. The number of amides is 2. The van der Waals surface area contributed by atoms with Gasteiger partial charge in [0.2, 0.25) is 5.82 Å². The topological polar surface area (TPSA) is 97.3 Å². The minimum Gasteiger partial charge on any atom is -0.487 e. The molecule has 1 N–H and O–H groups in total. The Labute approximate surface area is 184 Å². The average molecular weight is 438 g/mol. The van der Waals surface area contributed by atoms with Gasteiger partial charge in [-0.25, -0.2) is 15.0 Å². The molecule has 158 valence electrons. The molecule has 1 aromatic carbocycles. The molecule has 2 aromatic heterocycles. The van der Waals surface area contributed by atoms with Gasteiger partial charge in [-0.15, -0.1) is 0 Å². The van der Waals surface area contributed by atoms with Crippen LogP contribution in [-0.2, 0) is 4.79 Å². The summed E-state index contributed by atoms with van der Waals surface area (Å²) in [7, 11) is 1.56. The zero-order chi connectivity index (χ0) is 22.1. The average Bonchev–Trinajstić information content (AvgIpc) is 2.86. The van der Waals surface area contributed by atoms with Crippen LogP contribution in [0.2, 0.25) is 5.02 Å². The third-order valence-corrected chi connectivity index (χ3v) is 5.13. The Kier molecular flexibility index (Phi) is 5.56. The summed E-state index contributed by atoms with van der Waals surface area (Å²) in [6.45, 7) is 3.80. The molecule has 2 amide bonds. The minimum atomic E-state index is -0.933. The van der Waals surface area contributed by atoms with Crippen molar-refractivity contribution in [2.75, 3.05) is 18.6 Å². The number of ether oxygens (including phenoxy) is 1. The number of nitrogens with one attached hydrogen (secondary N) is 1. The lowest BCUT2D eigenvalue weighted by molar-refractivity contribution is -0.120. The second-order valence-corrected chi connectivity index (χ2v) is 7.74. The fourth-order valence-corrected chi connectivity index (χ4v) is 3.46. The lowest BCUT2D eigenvalue weighted by Crippen LogP contribution is -2.49. The van der Waals surface area contributed by atoms with E-state index in [0.29, 0.717) is 22.3 Å². The lowest BCUT2D eigenvalue weighted by atomic mass is 10.1. The van der Waals surface area contributed by atoms with Gasteiger partial charge in [0.15, 0.2) is 11.6 Å². The van der Waals surface area contributed by atoms with Crippen molar-refractivity contribution in [2.24, 2.45) is 0 Å². The van der Waals surface area contributed by atoms with Crippen molar-refractivity contribution in [3.8, 4) is 17.0 Å². The lowest BCUT2D eigenvalue weighted by Gasteiger charge is -2.19. The van der Waals surface area contributed by atoms with E-state index in [4.69, 9.17) is 16.3 Å². The van der Waals surface area contributed by atoms with Gasteiger partial charge in [-0.1, -0.05) is 35.4 Å². The monoisotopic (exact) mass is 437 g/mol. The van der Waals surface area contributed by atoms with Crippen LogP contribution in [0, 0.1) is 13.8 Å². The number of pyridine rings is 1. The van der Waals surface area contributed by atoms with E-state index in [-0.39, 0.29) is 18.3 Å². The van der Waals surface area contributed by atoms with E-state index < -0.39 is 11.9 Å². The number of fused-ring (bicyclic) bond motifs is 1. The molecule has 8 nitrogen and oxygen atoms in total. The maximum atomic E-state index is 12.9. The molecule has 0 aliphatic carbocycles. The normalized spacial score (nSPS) is 15.7. The zero-order valence-electron chi connectivity index (χ0n) is 17.2. The predicted molar refractivity (Wildman–Crippen MR) is 116 cm³/mol. The molecule has 4 rings (SSSR count). The number of benzene rings is 1. The van der Waals surface area contributed by atoms with Crippen LogP contribution >= 0.6 is 11.6 Å². The number of hydrogen-bond acceptors (Lipinski definition) is 6. The smallest absolute Gasteiger partial charge is 0.289 e. The van der Waals surface area contributed by atoms with E-state index in [1.54, 1.807) is 19.3 Å². The maximum Gasteiger partial charge on any atom is 0.289 e. The number of hydrogen-bond donors (Lipinski definition) is 1. The summed E-state index contributed by atoms with van der Waals surface area (Å²) in [4.78, 5) is 39.8. The Morgan fingerprint density at radius 2 is 2.03 bits per heavy atom. The number of rotatable bonds is 3. The molecule has 9 heteroatoms. The predicted octanol–water partition coefficient (Wildman–Crippen LogP) is 2.96. The third kappa shape index (κ3) is 4.20. The Morgan fingerprint density at radius 1 is 1.23 bits per heavy atom. The van der Waals surface area contributed by atoms with Gasteiger partial charge >= 0.3 is 0 Å². The number of aromatic nitrogens is 3. The standard InChI is InChI=1S/C22H20ClN5O3/c1-12-5-4-6-14(7-12)18-13(2)9-24-19(27-18)21(29)26-16-11-31-17-8-15(23)10-25-20(17)28(3)22(16)30/h4-10,16H,11H2,1-3H3,(H,26,29)/t16-/m0/s1. The summed E-state index contributed by atoms with van der Waals surface area (Å²) >= 11 is 5.97. The van der Waals surface area contributed by atoms with Crippen molar-refractivity contribution in [3.63, 3.8) is 0 Å². The summed E-state index contributed by atoms with van der Waals surface area (Å²) in [5.41, 5.74) is 3.48. The van der Waals surface area contributed by atoms with E-state index in [1.807, 2.05) is 38.1 Å². The third-order valence-electron chi connectivity index (χ3n) is 4.92. The molecule has 1 aliphatic heterocycles. The molecule has 0 spiro atoms. The Morgan fingerprint density at radius 3 is 2.81 bits per heavy atom. The summed E-state index contributed by atoms with van der Waals surface area (Å²) in [5.74, 6) is -0.262. The first-order valence-electron chi connectivity index (χ1n) is 9.61. The quantitative estimate of drug-likeness (QED) is 0.676. The van der Waals surface area contributed by atoms with Crippen molar-refractivity contribution in [3.05, 3.63) is 64.7 Å². The number of aryl methyl sites for hydroxylation is 2.